The Bertz CT molecular complexity index is 1140. The topological polar surface area (TPSA) is 55.0 Å². The molecule has 2 atom stereocenters. The van der Waals surface area contributed by atoms with Crippen molar-refractivity contribution in [2.45, 2.75) is 30.2 Å². The predicted molar refractivity (Wildman–Crippen MR) is 126 cm³/mol. The minimum Gasteiger partial charge on any atom is -0.366 e. The quantitative estimate of drug-likeness (QED) is 0.369. The van der Waals surface area contributed by atoms with E-state index in [1.807, 2.05) is 29.6 Å². The zero-order valence-corrected chi connectivity index (χ0v) is 20.1. The summed E-state index contributed by atoms with van der Waals surface area (Å²) in [6.45, 7) is 3.39. The third-order valence-corrected chi connectivity index (χ3v) is 7.98. The van der Waals surface area contributed by atoms with Crippen LogP contribution >= 0.6 is 11.8 Å². The first-order valence-corrected chi connectivity index (χ1v) is 12.5. The molecular formula is C23H28F3N7S. The molecule has 0 radical (unpaired) electrons. The number of fused-ring (bicyclic) bond motifs is 1. The molecule has 2 fully saturated rings. The molecule has 2 aliphatic heterocycles. The first-order valence-electron chi connectivity index (χ1n) is 11.5. The van der Waals surface area contributed by atoms with E-state index in [-0.39, 0.29) is 6.04 Å². The first kappa shape index (κ1) is 23.2. The van der Waals surface area contributed by atoms with Crippen molar-refractivity contribution in [1.82, 2.24) is 29.4 Å². The van der Waals surface area contributed by atoms with Gasteiger partial charge < -0.3 is 14.4 Å². The lowest BCUT2D eigenvalue weighted by molar-refractivity contribution is -0.137. The Morgan fingerprint density at radius 1 is 1.09 bits per heavy atom. The zero-order chi connectivity index (χ0) is 23.9. The number of halogens is 3. The Hall–Kier alpha value is -2.53. The molecule has 2 aliphatic rings. The summed E-state index contributed by atoms with van der Waals surface area (Å²) in [6.07, 6.45) is -0.666. The van der Waals surface area contributed by atoms with Gasteiger partial charge in [0.2, 0.25) is 0 Å². The van der Waals surface area contributed by atoms with Crippen molar-refractivity contribution < 1.29 is 13.2 Å². The predicted octanol–water partition coefficient (Wildman–Crippen LogP) is 3.93. The van der Waals surface area contributed by atoms with E-state index in [1.54, 1.807) is 34.8 Å². The Balaban J connectivity index is 1.15. The number of hydrogen-bond donors (Lipinski definition) is 0. The fraction of sp³-hybridized carbons (Fsp3) is 0.522. The summed E-state index contributed by atoms with van der Waals surface area (Å²) >= 11 is 1.68. The summed E-state index contributed by atoms with van der Waals surface area (Å²) < 4.78 is 44.4. The molecule has 4 heterocycles. The largest absolute Gasteiger partial charge is 0.418 e. The number of likely N-dealkylation sites (tertiary alicyclic amines) is 1. The molecule has 0 spiro atoms. The number of thioether (sulfide) groups is 1. The average Bonchev–Trinajstić information content (AvgIpc) is 3.56. The van der Waals surface area contributed by atoms with Crippen LogP contribution in [0.2, 0.25) is 0 Å². The van der Waals surface area contributed by atoms with Gasteiger partial charge in [0.25, 0.3) is 0 Å². The highest BCUT2D eigenvalue weighted by atomic mass is 32.2. The van der Waals surface area contributed by atoms with E-state index in [2.05, 4.69) is 20.2 Å². The number of aromatic nitrogens is 5. The van der Waals surface area contributed by atoms with Crippen molar-refractivity contribution in [3.05, 3.63) is 42.1 Å². The molecule has 2 saturated heterocycles. The lowest BCUT2D eigenvalue weighted by atomic mass is 10.0. The van der Waals surface area contributed by atoms with Gasteiger partial charge in [-0.25, -0.2) is 0 Å². The van der Waals surface area contributed by atoms with Gasteiger partial charge in [-0.2, -0.15) is 18.3 Å². The maximum absolute atomic E-state index is 13.5. The SMILES string of the molecule is Cn1nccc1-c1nnc(SCCCN2C[C@@H]3CCN(c4ccccc4C(F)(F)F)[C@@H]3C2)n1C. The molecule has 0 unspecified atom stereocenters. The van der Waals surface area contributed by atoms with Crippen LogP contribution in [-0.2, 0) is 20.3 Å². The Morgan fingerprint density at radius 3 is 2.68 bits per heavy atom. The monoisotopic (exact) mass is 491 g/mol. The van der Waals surface area contributed by atoms with Gasteiger partial charge in [0.15, 0.2) is 11.0 Å². The van der Waals surface area contributed by atoms with E-state index in [9.17, 15) is 13.2 Å². The lowest BCUT2D eigenvalue weighted by Gasteiger charge is -2.29. The van der Waals surface area contributed by atoms with Gasteiger partial charge in [0.05, 0.1) is 5.56 Å². The summed E-state index contributed by atoms with van der Waals surface area (Å²) in [5.41, 5.74) is 0.716. The van der Waals surface area contributed by atoms with Crippen molar-refractivity contribution in [2.75, 3.05) is 36.8 Å². The third kappa shape index (κ3) is 4.43. The fourth-order valence-corrected chi connectivity index (χ4v) is 6.04. The summed E-state index contributed by atoms with van der Waals surface area (Å²) in [7, 11) is 3.84. The van der Waals surface area contributed by atoms with Crippen molar-refractivity contribution in [3.8, 4) is 11.5 Å². The molecular weight excluding hydrogens is 463 g/mol. The summed E-state index contributed by atoms with van der Waals surface area (Å²) in [4.78, 5) is 4.39. The maximum atomic E-state index is 13.5. The Morgan fingerprint density at radius 2 is 1.91 bits per heavy atom. The van der Waals surface area contributed by atoms with Crippen molar-refractivity contribution in [1.29, 1.82) is 0 Å². The van der Waals surface area contributed by atoms with Crippen molar-refractivity contribution in [3.63, 3.8) is 0 Å². The summed E-state index contributed by atoms with van der Waals surface area (Å²) in [5.74, 6) is 2.12. The molecule has 0 aliphatic carbocycles. The van der Waals surface area contributed by atoms with Crippen molar-refractivity contribution >= 4 is 17.4 Å². The molecule has 0 amide bonds. The Labute approximate surface area is 200 Å². The second kappa shape index (κ2) is 9.26. The van der Waals surface area contributed by atoms with Crippen LogP contribution in [0, 0.1) is 5.92 Å². The molecule has 2 aromatic heterocycles. The number of hydrogen-bond acceptors (Lipinski definition) is 6. The number of aryl methyl sites for hydroxylation is 1. The number of rotatable bonds is 7. The number of alkyl halides is 3. The number of benzene rings is 1. The summed E-state index contributed by atoms with van der Waals surface area (Å²) in [6, 6.07) is 8.04. The molecule has 5 rings (SSSR count). The number of para-hydroxylation sites is 1. The van der Waals surface area contributed by atoms with E-state index in [4.69, 9.17) is 0 Å². The van der Waals surface area contributed by atoms with E-state index in [0.717, 1.165) is 54.9 Å². The van der Waals surface area contributed by atoms with E-state index in [0.29, 0.717) is 18.2 Å². The average molecular weight is 492 g/mol. The van der Waals surface area contributed by atoms with Crippen LogP contribution in [0.25, 0.3) is 11.5 Å². The minimum absolute atomic E-state index is 0.149. The Kier molecular flexibility index (Phi) is 6.32. The van der Waals surface area contributed by atoms with Gasteiger partial charge in [-0.1, -0.05) is 23.9 Å². The van der Waals surface area contributed by atoms with Gasteiger partial charge in [0.1, 0.15) is 5.69 Å². The van der Waals surface area contributed by atoms with Crippen LogP contribution in [0.1, 0.15) is 18.4 Å². The van der Waals surface area contributed by atoms with Crippen LogP contribution in [0.15, 0.2) is 41.7 Å². The van der Waals surface area contributed by atoms with Crippen LogP contribution in [0.5, 0.6) is 0 Å². The third-order valence-electron chi connectivity index (χ3n) is 6.88. The molecule has 34 heavy (non-hydrogen) atoms. The van der Waals surface area contributed by atoms with Gasteiger partial charge in [-0.3, -0.25) is 4.68 Å². The normalized spacial score (nSPS) is 20.9. The highest BCUT2D eigenvalue weighted by Crippen LogP contribution is 2.41. The highest BCUT2D eigenvalue weighted by molar-refractivity contribution is 7.99. The first-order chi connectivity index (χ1) is 16.3. The molecule has 0 saturated carbocycles. The van der Waals surface area contributed by atoms with Gasteiger partial charge >= 0.3 is 6.18 Å². The molecule has 0 N–H and O–H groups in total. The number of nitrogens with zero attached hydrogens (tertiary/aromatic N) is 7. The molecule has 182 valence electrons. The van der Waals surface area contributed by atoms with Crippen LogP contribution < -0.4 is 4.90 Å². The van der Waals surface area contributed by atoms with Gasteiger partial charge in [-0.15, -0.1) is 10.2 Å². The zero-order valence-electron chi connectivity index (χ0n) is 19.2. The second-order valence-electron chi connectivity index (χ2n) is 8.99. The van der Waals surface area contributed by atoms with Crippen molar-refractivity contribution in [2.24, 2.45) is 20.0 Å². The van der Waals surface area contributed by atoms with Gasteiger partial charge in [-0.05, 0) is 43.5 Å². The molecule has 11 heteroatoms. The van der Waals surface area contributed by atoms with E-state index in [1.165, 1.54) is 12.1 Å². The van der Waals surface area contributed by atoms with Crippen LogP contribution in [0.4, 0.5) is 18.9 Å². The molecule has 3 aromatic rings. The number of anilines is 1. The minimum atomic E-state index is -4.33. The smallest absolute Gasteiger partial charge is 0.366 e. The molecule has 0 bridgehead atoms. The molecule has 1 aromatic carbocycles. The fourth-order valence-electron chi connectivity index (χ4n) is 5.20. The van der Waals surface area contributed by atoms with E-state index < -0.39 is 11.7 Å². The highest BCUT2D eigenvalue weighted by Gasteiger charge is 2.44. The second-order valence-corrected chi connectivity index (χ2v) is 10.1. The van der Waals surface area contributed by atoms with E-state index >= 15 is 0 Å². The summed E-state index contributed by atoms with van der Waals surface area (Å²) in [5, 5.41) is 13.7. The standard InChI is InChI=1S/C23H28F3N7S/c1-30-21(19-8-10-27-31(19)2)28-29-22(30)34-13-5-11-32-14-16-9-12-33(20(16)15-32)18-7-4-3-6-17(18)23(24,25)26/h3-4,6-8,10,16,20H,5,9,11-15H2,1-2H3/t16-,20+/m0/s1. The van der Waals surface area contributed by atoms with Crippen LogP contribution in [0.3, 0.4) is 0 Å². The lowest BCUT2D eigenvalue weighted by Crippen LogP contribution is -2.36. The maximum Gasteiger partial charge on any atom is 0.418 e. The van der Waals surface area contributed by atoms with Crippen LogP contribution in [-0.4, -0.2) is 67.4 Å². The van der Waals surface area contributed by atoms with Gasteiger partial charge in [0, 0.05) is 57.4 Å². The molecule has 7 nitrogen and oxygen atoms in total.